The van der Waals surface area contributed by atoms with Crippen LogP contribution in [0.15, 0.2) is 15.9 Å². The molecule has 2 heterocycles. The lowest BCUT2D eigenvalue weighted by Gasteiger charge is -2.22. The van der Waals surface area contributed by atoms with E-state index < -0.39 is 0 Å². The highest BCUT2D eigenvalue weighted by Gasteiger charge is 2.23. The van der Waals surface area contributed by atoms with Crippen LogP contribution in [-0.4, -0.2) is 36.5 Å². The molecule has 1 aromatic rings. The molecule has 0 saturated carbocycles. The van der Waals surface area contributed by atoms with Gasteiger partial charge in [0.25, 0.3) is 5.91 Å². The van der Waals surface area contributed by atoms with Gasteiger partial charge in [0.15, 0.2) is 0 Å². The molecule has 1 unspecified atom stereocenters. The molecular formula is C12H17BrN2OS. The second-order valence-corrected chi connectivity index (χ2v) is 6.70. The normalized spacial score (nSPS) is 20.7. The number of nitrogens with one attached hydrogen (secondary N) is 1. The van der Waals surface area contributed by atoms with Gasteiger partial charge in [0, 0.05) is 12.6 Å². The summed E-state index contributed by atoms with van der Waals surface area (Å²) in [6.07, 6.45) is 2.45. The molecule has 1 atom stereocenters. The van der Waals surface area contributed by atoms with Crippen LogP contribution >= 0.6 is 27.3 Å². The molecule has 1 N–H and O–H groups in total. The van der Waals surface area contributed by atoms with Gasteiger partial charge in [-0.3, -0.25) is 9.69 Å². The van der Waals surface area contributed by atoms with Crippen molar-refractivity contribution in [3.05, 3.63) is 20.8 Å². The van der Waals surface area contributed by atoms with Crippen LogP contribution in [0.5, 0.6) is 0 Å². The molecule has 2 rings (SSSR count). The maximum Gasteiger partial charge on any atom is 0.261 e. The number of thiophene rings is 1. The molecule has 3 nitrogen and oxygen atoms in total. The van der Waals surface area contributed by atoms with Crippen LogP contribution in [-0.2, 0) is 0 Å². The average Bonchev–Trinajstić information content (AvgIpc) is 2.94. The zero-order valence-corrected chi connectivity index (χ0v) is 12.3. The van der Waals surface area contributed by atoms with Crippen molar-refractivity contribution in [3.63, 3.8) is 0 Å². The number of likely N-dealkylation sites (N-methyl/N-ethyl adjacent to an activating group) is 1. The van der Waals surface area contributed by atoms with Crippen molar-refractivity contribution in [1.29, 1.82) is 0 Å². The van der Waals surface area contributed by atoms with Crippen LogP contribution in [0.25, 0.3) is 0 Å². The van der Waals surface area contributed by atoms with E-state index in [1.807, 2.05) is 12.1 Å². The lowest BCUT2D eigenvalue weighted by Crippen LogP contribution is -2.39. The molecule has 1 aliphatic heterocycles. The number of halogens is 1. The second-order valence-electron chi connectivity index (χ2n) is 4.24. The maximum atomic E-state index is 11.9. The minimum absolute atomic E-state index is 0.0450. The van der Waals surface area contributed by atoms with Gasteiger partial charge in [-0.1, -0.05) is 6.92 Å². The van der Waals surface area contributed by atoms with Crippen molar-refractivity contribution in [1.82, 2.24) is 10.2 Å². The van der Waals surface area contributed by atoms with Crippen LogP contribution in [0.4, 0.5) is 0 Å². The number of carbonyl (C=O) groups is 1. The third-order valence-corrected chi connectivity index (χ3v) is 4.82. The first-order chi connectivity index (χ1) is 8.20. The number of hydrogen-bond donors (Lipinski definition) is 1. The summed E-state index contributed by atoms with van der Waals surface area (Å²) in [4.78, 5) is 15.1. The molecule has 1 fully saturated rings. The first-order valence-electron chi connectivity index (χ1n) is 5.98. The molecule has 0 aliphatic carbocycles. The monoisotopic (exact) mass is 316 g/mol. The minimum atomic E-state index is 0.0450. The summed E-state index contributed by atoms with van der Waals surface area (Å²) in [5.74, 6) is 0.0450. The maximum absolute atomic E-state index is 11.9. The zero-order valence-electron chi connectivity index (χ0n) is 9.91. The average molecular weight is 317 g/mol. The number of rotatable bonds is 4. The van der Waals surface area contributed by atoms with Gasteiger partial charge in [0.05, 0.1) is 8.66 Å². The summed E-state index contributed by atoms with van der Waals surface area (Å²) in [7, 11) is 0. The molecule has 17 heavy (non-hydrogen) atoms. The van der Waals surface area contributed by atoms with Gasteiger partial charge in [0.2, 0.25) is 0 Å². The Morgan fingerprint density at radius 2 is 2.47 bits per heavy atom. The highest BCUT2D eigenvalue weighted by Crippen LogP contribution is 2.22. The number of amides is 1. The molecule has 0 bridgehead atoms. The predicted molar refractivity (Wildman–Crippen MR) is 74.6 cm³/mol. The quantitative estimate of drug-likeness (QED) is 0.926. The fourth-order valence-corrected chi connectivity index (χ4v) is 3.58. The number of likely N-dealkylation sites (tertiary alicyclic amines) is 1. The Balaban J connectivity index is 1.84. The van der Waals surface area contributed by atoms with Crippen LogP contribution in [0, 0.1) is 0 Å². The zero-order chi connectivity index (χ0) is 12.3. The molecule has 5 heteroatoms. The third-order valence-electron chi connectivity index (χ3n) is 3.20. The fourth-order valence-electron chi connectivity index (χ4n) is 2.28. The lowest BCUT2D eigenvalue weighted by atomic mass is 10.2. The van der Waals surface area contributed by atoms with Crippen molar-refractivity contribution < 1.29 is 4.79 Å². The van der Waals surface area contributed by atoms with Crippen LogP contribution in [0.3, 0.4) is 0 Å². The molecule has 1 saturated heterocycles. The molecule has 1 amide bonds. The topological polar surface area (TPSA) is 32.3 Å². The molecule has 0 aromatic carbocycles. The van der Waals surface area contributed by atoms with Gasteiger partial charge in [-0.05, 0) is 54.0 Å². The molecule has 0 radical (unpaired) electrons. The largest absolute Gasteiger partial charge is 0.350 e. The summed E-state index contributed by atoms with van der Waals surface area (Å²) < 4.78 is 0.999. The van der Waals surface area contributed by atoms with Gasteiger partial charge in [-0.2, -0.15) is 0 Å². The summed E-state index contributed by atoms with van der Waals surface area (Å²) in [6, 6.07) is 4.29. The Kier molecular flexibility index (Phi) is 4.59. The van der Waals surface area contributed by atoms with Crippen molar-refractivity contribution in [2.24, 2.45) is 0 Å². The van der Waals surface area contributed by atoms with Crippen molar-refractivity contribution in [3.8, 4) is 0 Å². The Morgan fingerprint density at radius 3 is 3.12 bits per heavy atom. The fraction of sp³-hybridized carbons (Fsp3) is 0.583. The van der Waals surface area contributed by atoms with E-state index in [0.717, 1.165) is 21.8 Å². The van der Waals surface area contributed by atoms with Gasteiger partial charge in [0.1, 0.15) is 0 Å². The smallest absolute Gasteiger partial charge is 0.261 e. The summed E-state index contributed by atoms with van der Waals surface area (Å²) >= 11 is 4.84. The molecule has 0 spiro atoms. The standard InChI is InChI=1S/C12H17BrN2OS/c1-2-15-7-3-4-9(15)8-14-12(16)10-5-6-11(13)17-10/h5-6,9H,2-4,7-8H2,1H3,(H,14,16). The van der Waals surface area contributed by atoms with Gasteiger partial charge in [-0.15, -0.1) is 11.3 Å². The lowest BCUT2D eigenvalue weighted by molar-refractivity contribution is 0.0945. The highest BCUT2D eigenvalue weighted by atomic mass is 79.9. The van der Waals surface area contributed by atoms with E-state index in [0.29, 0.717) is 6.04 Å². The molecule has 1 aromatic heterocycles. The minimum Gasteiger partial charge on any atom is -0.350 e. The van der Waals surface area contributed by atoms with E-state index in [9.17, 15) is 4.79 Å². The third kappa shape index (κ3) is 3.30. The Morgan fingerprint density at radius 1 is 1.65 bits per heavy atom. The highest BCUT2D eigenvalue weighted by molar-refractivity contribution is 9.11. The molecular weight excluding hydrogens is 300 g/mol. The second kappa shape index (κ2) is 5.98. The Hall–Kier alpha value is -0.390. The van der Waals surface area contributed by atoms with Crippen molar-refractivity contribution in [2.75, 3.05) is 19.6 Å². The van der Waals surface area contributed by atoms with E-state index >= 15 is 0 Å². The Labute approximate surface area is 114 Å². The predicted octanol–water partition coefficient (Wildman–Crippen LogP) is 2.72. The van der Waals surface area contributed by atoms with Crippen LogP contribution in [0.2, 0.25) is 0 Å². The van der Waals surface area contributed by atoms with Gasteiger partial charge < -0.3 is 5.32 Å². The Bertz CT molecular complexity index is 394. The summed E-state index contributed by atoms with van der Waals surface area (Å²) in [5.41, 5.74) is 0. The summed E-state index contributed by atoms with van der Waals surface area (Å²) in [6.45, 7) is 5.19. The summed E-state index contributed by atoms with van der Waals surface area (Å²) in [5, 5.41) is 3.03. The molecule has 1 aliphatic rings. The first kappa shape index (κ1) is 13.1. The SMILES string of the molecule is CCN1CCCC1CNC(=O)c1ccc(Br)s1. The number of hydrogen-bond acceptors (Lipinski definition) is 3. The van der Waals surface area contributed by atoms with Crippen molar-refractivity contribution in [2.45, 2.75) is 25.8 Å². The van der Waals surface area contributed by atoms with E-state index in [-0.39, 0.29) is 5.91 Å². The van der Waals surface area contributed by atoms with Crippen LogP contribution in [0.1, 0.15) is 29.4 Å². The van der Waals surface area contributed by atoms with Crippen LogP contribution < -0.4 is 5.32 Å². The van der Waals surface area contributed by atoms with E-state index in [2.05, 4.69) is 33.1 Å². The number of carbonyl (C=O) groups excluding carboxylic acids is 1. The van der Waals surface area contributed by atoms with E-state index in [1.165, 1.54) is 30.7 Å². The van der Waals surface area contributed by atoms with Gasteiger partial charge >= 0.3 is 0 Å². The molecule has 94 valence electrons. The first-order valence-corrected chi connectivity index (χ1v) is 7.59. The number of nitrogens with zero attached hydrogens (tertiary/aromatic N) is 1. The van der Waals surface area contributed by atoms with Gasteiger partial charge in [-0.25, -0.2) is 0 Å². The van der Waals surface area contributed by atoms with E-state index in [4.69, 9.17) is 0 Å². The van der Waals surface area contributed by atoms with E-state index in [1.54, 1.807) is 0 Å². The van der Waals surface area contributed by atoms with Crippen molar-refractivity contribution >= 4 is 33.2 Å².